The van der Waals surface area contributed by atoms with E-state index in [9.17, 15) is 0 Å². The lowest BCUT2D eigenvalue weighted by atomic mass is 9.94. The summed E-state index contributed by atoms with van der Waals surface area (Å²) in [6.45, 7) is 2.75. The topological polar surface area (TPSA) is 56.7 Å². The number of rotatable bonds is 7. The van der Waals surface area contributed by atoms with Gasteiger partial charge in [0.2, 0.25) is 0 Å². The van der Waals surface area contributed by atoms with E-state index in [1.54, 1.807) is 0 Å². The number of furan rings is 1. The highest BCUT2D eigenvalue weighted by Crippen LogP contribution is 2.42. The van der Waals surface area contributed by atoms with E-state index in [4.69, 9.17) is 23.4 Å². The Morgan fingerprint density at radius 3 is 2.06 bits per heavy atom. The number of hydrogen-bond donors (Lipinski definition) is 0. The second-order valence-corrected chi connectivity index (χ2v) is 8.66. The summed E-state index contributed by atoms with van der Waals surface area (Å²) in [6.07, 6.45) is 2.32. The average Bonchev–Trinajstić information content (AvgIpc) is 3.80. The molecular weight excluding hydrogens is 416 g/mol. The van der Waals surface area contributed by atoms with E-state index in [2.05, 4.69) is 48.5 Å². The molecule has 5 nitrogen and oxygen atoms in total. The third-order valence-electron chi connectivity index (χ3n) is 6.36. The Bertz CT molecular complexity index is 1480. The van der Waals surface area contributed by atoms with Gasteiger partial charge in [0.15, 0.2) is 0 Å². The zero-order valence-corrected chi connectivity index (χ0v) is 18.0. The fourth-order valence-electron chi connectivity index (χ4n) is 4.45. The average molecular weight is 438 g/mol. The highest BCUT2D eigenvalue weighted by Gasteiger charge is 2.24. The van der Waals surface area contributed by atoms with Crippen molar-refractivity contribution in [3.05, 3.63) is 73.0 Å². The summed E-state index contributed by atoms with van der Waals surface area (Å²) >= 11 is 0. The maximum Gasteiger partial charge on any atom is 0.143 e. The van der Waals surface area contributed by atoms with E-state index in [1.165, 1.54) is 10.8 Å². The largest absolute Gasteiger partial charge is 0.491 e. The van der Waals surface area contributed by atoms with Gasteiger partial charge in [-0.1, -0.05) is 36.4 Å². The summed E-state index contributed by atoms with van der Waals surface area (Å²) in [6, 6.07) is 22.9. The Morgan fingerprint density at radius 2 is 1.33 bits per heavy atom. The standard InChI is InChI=1S/C28H22O5/c1-2-4-24-22(3-1)23-10-9-19(30-13-21-15-32-21)11-25(23)28-27(24)26(16-33-28)17-5-7-18(8-6-17)29-12-20-14-31-20/h1-11,16,20-21H,12-15H2. The lowest BCUT2D eigenvalue weighted by Crippen LogP contribution is -2.03. The van der Waals surface area contributed by atoms with Crippen LogP contribution in [0.3, 0.4) is 0 Å². The van der Waals surface area contributed by atoms with Crippen molar-refractivity contribution >= 4 is 32.5 Å². The highest BCUT2D eigenvalue weighted by molar-refractivity contribution is 6.27. The molecule has 5 heteroatoms. The Hall–Kier alpha value is -3.54. The van der Waals surface area contributed by atoms with Crippen LogP contribution in [0.15, 0.2) is 77.4 Å². The van der Waals surface area contributed by atoms with Gasteiger partial charge in [-0.25, -0.2) is 0 Å². The lowest BCUT2D eigenvalue weighted by molar-refractivity contribution is 0.263. The third kappa shape index (κ3) is 3.50. The van der Waals surface area contributed by atoms with Gasteiger partial charge in [0, 0.05) is 16.3 Å². The van der Waals surface area contributed by atoms with Crippen molar-refractivity contribution in [2.24, 2.45) is 0 Å². The first kappa shape index (κ1) is 19.0. The minimum Gasteiger partial charge on any atom is -0.491 e. The second-order valence-electron chi connectivity index (χ2n) is 8.66. The highest BCUT2D eigenvalue weighted by atomic mass is 16.6. The number of hydrogen-bond acceptors (Lipinski definition) is 5. The van der Waals surface area contributed by atoms with Gasteiger partial charge in [-0.2, -0.15) is 0 Å². The van der Waals surface area contributed by atoms with Gasteiger partial charge >= 0.3 is 0 Å². The first-order valence-electron chi connectivity index (χ1n) is 11.3. The summed E-state index contributed by atoms with van der Waals surface area (Å²) in [5.41, 5.74) is 3.03. The van der Waals surface area contributed by atoms with Crippen molar-refractivity contribution in [1.82, 2.24) is 0 Å². The molecule has 2 fully saturated rings. The Morgan fingerprint density at radius 1 is 0.697 bits per heavy atom. The van der Waals surface area contributed by atoms with Crippen molar-refractivity contribution in [2.45, 2.75) is 12.2 Å². The molecule has 2 unspecified atom stereocenters. The van der Waals surface area contributed by atoms with E-state index in [-0.39, 0.29) is 12.2 Å². The molecule has 0 saturated carbocycles. The number of epoxide rings is 2. The zero-order valence-electron chi connectivity index (χ0n) is 18.0. The van der Waals surface area contributed by atoms with Gasteiger partial charge in [-0.15, -0.1) is 0 Å². The lowest BCUT2D eigenvalue weighted by Gasteiger charge is -2.10. The van der Waals surface area contributed by atoms with Crippen LogP contribution in [0.2, 0.25) is 0 Å². The molecule has 164 valence electrons. The van der Waals surface area contributed by atoms with Crippen LogP contribution in [-0.2, 0) is 9.47 Å². The fraction of sp³-hybridized carbons (Fsp3) is 0.214. The molecule has 0 bridgehead atoms. The van der Waals surface area contributed by atoms with Gasteiger partial charge in [0.25, 0.3) is 0 Å². The molecule has 1 aromatic heterocycles. The quantitative estimate of drug-likeness (QED) is 0.232. The van der Waals surface area contributed by atoms with Crippen LogP contribution in [0.25, 0.3) is 43.6 Å². The summed E-state index contributed by atoms with van der Waals surface area (Å²) in [4.78, 5) is 0. The monoisotopic (exact) mass is 438 g/mol. The molecule has 0 spiro atoms. The fourth-order valence-corrected chi connectivity index (χ4v) is 4.45. The Balaban J connectivity index is 1.35. The first-order valence-corrected chi connectivity index (χ1v) is 11.3. The van der Waals surface area contributed by atoms with E-state index < -0.39 is 0 Å². The maximum atomic E-state index is 6.21. The molecule has 2 aliphatic rings. The van der Waals surface area contributed by atoms with Crippen molar-refractivity contribution < 1.29 is 23.4 Å². The van der Waals surface area contributed by atoms with Crippen LogP contribution in [-0.4, -0.2) is 38.6 Å². The van der Waals surface area contributed by atoms with Crippen LogP contribution in [0, 0.1) is 0 Å². The van der Waals surface area contributed by atoms with E-state index in [0.717, 1.165) is 57.6 Å². The van der Waals surface area contributed by atoms with Crippen molar-refractivity contribution in [2.75, 3.05) is 26.4 Å². The van der Waals surface area contributed by atoms with Crippen LogP contribution >= 0.6 is 0 Å². The van der Waals surface area contributed by atoms with Gasteiger partial charge in [-0.3, -0.25) is 0 Å². The molecule has 2 aliphatic heterocycles. The summed E-state index contributed by atoms with van der Waals surface area (Å²) in [7, 11) is 0. The molecule has 0 radical (unpaired) electrons. The van der Waals surface area contributed by atoms with Crippen molar-refractivity contribution in [3.8, 4) is 22.6 Å². The third-order valence-corrected chi connectivity index (χ3v) is 6.36. The van der Waals surface area contributed by atoms with Gasteiger partial charge < -0.3 is 23.4 Å². The molecule has 5 aromatic rings. The summed E-state index contributed by atoms with van der Waals surface area (Å²) in [5, 5.41) is 5.69. The molecule has 2 atom stereocenters. The van der Waals surface area contributed by atoms with E-state index in [1.807, 2.05) is 24.5 Å². The SMILES string of the molecule is c1ccc2c(c1)c1ccc(OCC3CO3)cc1c1occ(-c3ccc(OCC4CO4)cc3)c21. The zero-order chi connectivity index (χ0) is 21.8. The van der Waals surface area contributed by atoms with Gasteiger partial charge in [0.05, 0.1) is 19.5 Å². The van der Waals surface area contributed by atoms with Crippen LogP contribution in [0.4, 0.5) is 0 Å². The Labute approximate surface area is 190 Å². The molecule has 3 heterocycles. The molecule has 33 heavy (non-hydrogen) atoms. The van der Waals surface area contributed by atoms with Crippen LogP contribution in [0.5, 0.6) is 11.5 Å². The van der Waals surface area contributed by atoms with E-state index >= 15 is 0 Å². The first-order chi connectivity index (χ1) is 16.3. The van der Waals surface area contributed by atoms with Crippen LogP contribution in [0.1, 0.15) is 0 Å². The number of ether oxygens (including phenoxy) is 4. The van der Waals surface area contributed by atoms with Crippen molar-refractivity contribution in [3.63, 3.8) is 0 Å². The van der Waals surface area contributed by atoms with Gasteiger partial charge in [-0.05, 0) is 52.1 Å². The van der Waals surface area contributed by atoms with Crippen LogP contribution < -0.4 is 9.47 Å². The molecule has 2 saturated heterocycles. The molecule has 0 aliphatic carbocycles. The number of fused-ring (bicyclic) bond motifs is 6. The minimum atomic E-state index is 0.219. The summed E-state index contributed by atoms with van der Waals surface area (Å²) < 4.78 is 28.5. The molecule has 0 N–H and O–H groups in total. The predicted molar refractivity (Wildman–Crippen MR) is 127 cm³/mol. The molecule has 7 rings (SSSR count). The predicted octanol–water partition coefficient (Wildman–Crippen LogP) is 5.96. The Kier molecular flexibility index (Phi) is 4.32. The maximum absolute atomic E-state index is 6.21. The number of benzene rings is 4. The van der Waals surface area contributed by atoms with Gasteiger partial charge in [0.1, 0.15) is 42.5 Å². The molecule has 0 amide bonds. The molecular formula is C28H22O5. The summed E-state index contributed by atoms with van der Waals surface area (Å²) in [5.74, 6) is 1.67. The normalized spacial score (nSPS) is 19.3. The smallest absolute Gasteiger partial charge is 0.143 e. The second kappa shape index (κ2) is 7.51. The minimum absolute atomic E-state index is 0.219. The van der Waals surface area contributed by atoms with Crippen molar-refractivity contribution in [1.29, 1.82) is 0 Å². The van der Waals surface area contributed by atoms with E-state index in [0.29, 0.717) is 13.2 Å². The molecule has 4 aromatic carbocycles.